The molecule has 1 aromatic heterocycles. The van der Waals surface area contributed by atoms with Gasteiger partial charge >= 0.3 is 0 Å². The molecule has 1 aliphatic heterocycles. The van der Waals surface area contributed by atoms with Crippen LogP contribution < -0.4 is 5.32 Å². The summed E-state index contributed by atoms with van der Waals surface area (Å²) >= 11 is 6.30. The maximum absolute atomic E-state index is 6.30. The molecule has 0 spiro atoms. The number of aryl methyl sites for hydroxylation is 2. The predicted octanol–water partition coefficient (Wildman–Crippen LogP) is 1.90. The standard InChI is InChI=1S/C12H20ClN3O/c1-3-10-12(13)11(16(2)15-10)8-14-9-4-6-17-7-5-9/h9,14H,3-8H2,1-2H3. The van der Waals surface area contributed by atoms with Crippen molar-refractivity contribution < 1.29 is 4.74 Å². The van der Waals surface area contributed by atoms with Gasteiger partial charge < -0.3 is 10.1 Å². The Morgan fingerprint density at radius 2 is 2.18 bits per heavy atom. The smallest absolute Gasteiger partial charge is 0.0863 e. The van der Waals surface area contributed by atoms with Crippen molar-refractivity contribution in [3.05, 3.63) is 16.4 Å². The van der Waals surface area contributed by atoms with Crippen LogP contribution in [-0.4, -0.2) is 29.0 Å². The lowest BCUT2D eigenvalue weighted by molar-refractivity contribution is 0.0774. The van der Waals surface area contributed by atoms with Crippen LogP contribution in [0.4, 0.5) is 0 Å². The van der Waals surface area contributed by atoms with Crippen LogP contribution in [0.25, 0.3) is 0 Å². The fourth-order valence-electron chi connectivity index (χ4n) is 2.15. The SMILES string of the molecule is CCc1nn(C)c(CNC2CCOCC2)c1Cl. The van der Waals surface area contributed by atoms with Crippen LogP contribution in [0.15, 0.2) is 0 Å². The van der Waals surface area contributed by atoms with Crippen molar-refractivity contribution in [1.82, 2.24) is 15.1 Å². The second kappa shape index (κ2) is 5.85. The van der Waals surface area contributed by atoms with Crippen molar-refractivity contribution >= 4 is 11.6 Å². The number of ether oxygens (including phenoxy) is 1. The fraction of sp³-hybridized carbons (Fsp3) is 0.750. The highest BCUT2D eigenvalue weighted by molar-refractivity contribution is 6.31. The van der Waals surface area contributed by atoms with Gasteiger partial charge in [-0.15, -0.1) is 0 Å². The Morgan fingerprint density at radius 3 is 2.76 bits per heavy atom. The molecule has 0 aliphatic carbocycles. The first-order chi connectivity index (χ1) is 8.22. The number of nitrogens with zero attached hydrogens (tertiary/aromatic N) is 2. The molecule has 0 aromatic carbocycles. The van der Waals surface area contributed by atoms with Gasteiger partial charge in [0.1, 0.15) is 0 Å². The topological polar surface area (TPSA) is 39.1 Å². The van der Waals surface area contributed by atoms with Gasteiger partial charge in [-0.05, 0) is 19.3 Å². The highest BCUT2D eigenvalue weighted by Crippen LogP contribution is 2.21. The minimum Gasteiger partial charge on any atom is -0.381 e. The number of hydrogen-bond acceptors (Lipinski definition) is 3. The molecule has 1 aromatic rings. The lowest BCUT2D eigenvalue weighted by Gasteiger charge is -2.23. The van der Waals surface area contributed by atoms with Gasteiger partial charge in [0.25, 0.3) is 0 Å². The number of rotatable bonds is 4. The Labute approximate surface area is 107 Å². The largest absolute Gasteiger partial charge is 0.381 e. The third kappa shape index (κ3) is 3.00. The predicted molar refractivity (Wildman–Crippen MR) is 68.3 cm³/mol. The van der Waals surface area contributed by atoms with E-state index in [2.05, 4.69) is 17.3 Å². The zero-order chi connectivity index (χ0) is 12.3. The second-order valence-electron chi connectivity index (χ2n) is 4.45. The van der Waals surface area contributed by atoms with E-state index in [-0.39, 0.29) is 0 Å². The van der Waals surface area contributed by atoms with Crippen molar-refractivity contribution in [2.75, 3.05) is 13.2 Å². The maximum atomic E-state index is 6.30. The Balaban J connectivity index is 1.95. The minimum atomic E-state index is 0.541. The van der Waals surface area contributed by atoms with Gasteiger partial charge in [0.15, 0.2) is 0 Å². The van der Waals surface area contributed by atoms with Crippen LogP contribution in [0, 0.1) is 0 Å². The van der Waals surface area contributed by atoms with Crippen LogP contribution in [-0.2, 0) is 24.8 Å². The summed E-state index contributed by atoms with van der Waals surface area (Å²) in [6, 6.07) is 0.541. The minimum absolute atomic E-state index is 0.541. The van der Waals surface area contributed by atoms with Crippen LogP contribution in [0.3, 0.4) is 0 Å². The first-order valence-electron chi connectivity index (χ1n) is 6.23. The van der Waals surface area contributed by atoms with Crippen LogP contribution in [0.5, 0.6) is 0 Å². The maximum Gasteiger partial charge on any atom is 0.0863 e. The van der Waals surface area contributed by atoms with Gasteiger partial charge in [-0.2, -0.15) is 5.10 Å². The monoisotopic (exact) mass is 257 g/mol. The summed E-state index contributed by atoms with van der Waals surface area (Å²) < 4.78 is 7.22. The molecule has 1 saturated heterocycles. The van der Waals surface area contributed by atoms with E-state index in [4.69, 9.17) is 16.3 Å². The van der Waals surface area contributed by atoms with Gasteiger partial charge in [-0.3, -0.25) is 4.68 Å². The van der Waals surface area contributed by atoms with Crippen molar-refractivity contribution in [2.24, 2.45) is 7.05 Å². The Morgan fingerprint density at radius 1 is 1.47 bits per heavy atom. The van der Waals surface area contributed by atoms with E-state index in [1.807, 2.05) is 11.7 Å². The molecule has 0 bridgehead atoms. The summed E-state index contributed by atoms with van der Waals surface area (Å²) in [6.07, 6.45) is 3.04. The fourth-order valence-corrected chi connectivity index (χ4v) is 2.52. The molecular formula is C12H20ClN3O. The van der Waals surface area contributed by atoms with Crippen LogP contribution in [0.2, 0.25) is 5.02 Å². The van der Waals surface area contributed by atoms with E-state index in [1.165, 1.54) is 0 Å². The zero-order valence-electron chi connectivity index (χ0n) is 10.5. The summed E-state index contributed by atoms with van der Waals surface area (Å²) in [6.45, 7) is 4.57. The molecule has 1 N–H and O–H groups in total. The molecule has 0 radical (unpaired) electrons. The number of nitrogens with one attached hydrogen (secondary N) is 1. The summed E-state index contributed by atoms with van der Waals surface area (Å²) in [5, 5.41) is 8.76. The number of aromatic nitrogens is 2. The molecule has 4 nitrogen and oxygen atoms in total. The van der Waals surface area contributed by atoms with Gasteiger partial charge in [0.2, 0.25) is 0 Å². The molecule has 2 heterocycles. The van der Waals surface area contributed by atoms with Crippen LogP contribution in [0.1, 0.15) is 31.2 Å². The average molecular weight is 258 g/mol. The highest BCUT2D eigenvalue weighted by atomic mass is 35.5. The Bertz CT molecular complexity index is 372. The van der Waals surface area contributed by atoms with E-state index in [1.54, 1.807) is 0 Å². The third-order valence-corrected chi connectivity index (χ3v) is 3.72. The van der Waals surface area contributed by atoms with Crippen LogP contribution >= 0.6 is 11.6 Å². The molecule has 1 fully saturated rings. The molecule has 2 rings (SSSR count). The molecular weight excluding hydrogens is 238 g/mol. The normalized spacial score (nSPS) is 17.6. The van der Waals surface area contributed by atoms with Crippen molar-refractivity contribution in [3.8, 4) is 0 Å². The Kier molecular flexibility index (Phi) is 4.42. The molecule has 5 heteroatoms. The van der Waals surface area contributed by atoms with E-state index < -0.39 is 0 Å². The van der Waals surface area contributed by atoms with Gasteiger partial charge in [-0.25, -0.2) is 0 Å². The Hall–Kier alpha value is -0.580. The number of halogens is 1. The zero-order valence-corrected chi connectivity index (χ0v) is 11.3. The molecule has 0 unspecified atom stereocenters. The van der Waals surface area contributed by atoms with E-state index in [0.29, 0.717) is 6.04 Å². The van der Waals surface area contributed by atoms with E-state index in [9.17, 15) is 0 Å². The van der Waals surface area contributed by atoms with Crippen molar-refractivity contribution in [3.63, 3.8) is 0 Å². The molecule has 17 heavy (non-hydrogen) atoms. The summed E-state index contributed by atoms with van der Waals surface area (Å²) in [5.74, 6) is 0. The molecule has 96 valence electrons. The van der Waals surface area contributed by atoms with E-state index >= 15 is 0 Å². The lowest BCUT2D eigenvalue weighted by Crippen LogP contribution is -2.34. The molecule has 1 aliphatic rings. The molecule has 0 atom stereocenters. The van der Waals surface area contributed by atoms with Crippen molar-refractivity contribution in [2.45, 2.75) is 38.8 Å². The van der Waals surface area contributed by atoms with Gasteiger partial charge in [0.05, 0.1) is 16.4 Å². The summed E-state index contributed by atoms with van der Waals surface area (Å²) in [7, 11) is 1.95. The first kappa shape index (κ1) is 12.9. The lowest BCUT2D eigenvalue weighted by atomic mass is 10.1. The first-order valence-corrected chi connectivity index (χ1v) is 6.61. The van der Waals surface area contributed by atoms with E-state index in [0.717, 1.165) is 55.4 Å². The van der Waals surface area contributed by atoms with Gasteiger partial charge in [-0.1, -0.05) is 18.5 Å². The number of hydrogen-bond donors (Lipinski definition) is 1. The van der Waals surface area contributed by atoms with Gasteiger partial charge in [0, 0.05) is 32.8 Å². The summed E-state index contributed by atoms with van der Waals surface area (Å²) in [5.41, 5.74) is 2.06. The molecule has 0 amide bonds. The average Bonchev–Trinajstić information content (AvgIpc) is 2.63. The second-order valence-corrected chi connectivity index (χ2v) is 4.83. The highest BCUT2D eigenvalue weighted by Gasteiger charge is 2.16. The quantitative estimate of drug-likeness (QED) is 0.896. The summed E-state index contributed by atoms with van der Waals surface area (Å²) in [4.78, 5) is 0. The molecule has 0 saturated carbocycles. The third-order valence-electron chi connectivity index (χ3n) is 3.28. The van der Waals surface area contributed by atoms with Crippen molar-refractivity contribution in [1.29, 1.82) is 0 Å².